The molecule has 0 amide bonds. The van der Waals surface area contributed by atoms with Crippen LogP contribution >= 0.6 is 7.60 Å². The van der Waals surface area contributed by atoms with Crippen LogP contribution in [0.2, 0.25) is 0 Å². The normalized spacial score (nSPS) is 12.7. The van der Waals surface area contributed by atoms with Crippen molar-refractivity contribution < 1.29 is 40.2 Å². The van der Waals surface area contributed by atoms with Crippen LogP contribution in [0.4, 0.5) is 37.7 Å². The Hall–Kier alpha value is -4.67. The molecule has 0 atom stereocenters. The molecule has 2 aromatic carbocycles. The zero-order chi connectivity index (χ0) is 29.9. The summed E-state index contributed by atoms with van der Waals surface area (Å²) in [5.74, 6) is 0. The first-order chi connectivity index (χ1) is 18.4. The highest BCUT2D eigenvalue weighted by Crippen LogP contribution is 2.42. The summed E-state index contributed by atoms with van der Waals surface area (Å²) in [6, 6.07) is 1.95. The van der Waals surface area contributed by atoms with E-state index in [1.165, 1.54) is 0 Å². The second kappa shape index (κ2) is 9.22. The van der Waals surface area contributed by atoms with E-state index in [-0.39, 0.29) is 9.46 Å². The van der Waals surface area contributed by atoms with E-state index in [1.54, 1.807) is 0 Å². The Bertz CT molecular complexity index is 1840. The molecule has 0 saturated carbocycles. The Balaban J connectivity index is 1.91. The van der Waals surface area contributed by atoms with E-state index in [0.717, 1.165) is 6.92 Å². The minimum Gasteiger partial charge on any atom is -0.398 e. The number of nitrogens with zero attached hydrogens (tertiary/aromatic N) is 2. The van der Waals surface area contributed by atoms with E-state index in [9.17, 15) is 50.1 Å². The van der Waals surface area contributed by atoms with Gasteiger partial charge in [0.15, 0.2) is 0 Å². The van der Waals surface area contributed by atoms with Gasteiger partial charge in [-0.1, -0.05) is 6.92 Å². The van der Waals surface area contributed by atoms with Crippen LogP contribution in [0.5, 0.6) is 0 Å². The van der Waals surface area contributed by atoms with Crippen molar-refractivity contribution in [2.45, 2.75) is 19.3 Å². The minimum atomic E-state index is -4.96. The average Bonchev–Trinajstić information content (AvgIpc) is 2.84. The molecule has 4 rings (SSSR count). The molecular weight excluding hydrogens is 581 g/mol. The largest absolute Gasteiger partial charge is 0.467 e. The topological polar surface area (TPSA) is 197 Å². The van der Waals surface area contributed by atoms with E-state index < -0.39 is 92.9 Å². The molecule has 0 saturated heterocycles. The molecule has 0 aliphatic heterocycles. The number of hydrogen-bond donors (Lipinski definition) is 4. The maximum atomic E-state index is 13.5. The standard InChI is InChI=1S/C20H15F6N6O7P/c1-2-40(37,38-31-13-5-9(27)7(19(21,22)23)3-11(13)29-15(33)17(31)35)39-32-14-6-10(28)8(20(24,25)26)4-12(14)30-16(34)18(32)36/h3-6H,2,27-28H2,1H3,(H,29,33)(H,30,34). The third kappa shape index (κ3) is 4.90. The summed E-state index contributed by atoms with van der Waals surface area (Å²) in [6.07, 6.45) is -10.6. The number of hydrogen-bond acceptors (Lipinski definition) is 9. The lowest BCUT2D eigenvalue weighted by molar-refractivity contribution is -0.137. The zero-order valence-electron chi connectivity index (χ0n) is 19.6. The van der Waals surface area contributed by atoms with E-state index in [4.69, 9.17) is 20.7 Å². The highest BCUT2D eigenvalue weighted by atomic mass is 31.2. The van der Waals surface area contributed by atoms with Crippen molar-refractivity contribution in [3.05, 3.63) is 76.8 Å². The summed E-state index contributed by atoms with van der Waals surface area (Å²) in [5, 5.41) is 0. The average molecular weight is 596 g/mol. The van der Waals surface area contributed by atoms with Gasteiger partial charge in [0.25, 0.3) is 0 Å². The molecule has 214 valence electrons. The van der Waals surface area contributed by atoms with Gasteiger partial charge in [0.05, 0.1) is 28.3 Å². The van der Waals surface area contributed by atoms with Crippen LogP contribution < -0.4 is 43.0 Å². The number of nitrogens with one attached hydrogen (secondary N) is 2. The van der Waals surface area contributed by atoms with Crippen LogP contribution in [0.15, 0.2) is 43.4 Å². The van der Waals surface area contributed by atoms with E-state index in [2.05, 4.69) is 0 Å². The number of benzene rings is 2. The third-order valence-corrected chi connectivity index (χ3v) is 7.04. The zero-order valence-corrected chi connectivity index (χ0v) is 20.5. The van der Waals surface area contributed by atoms with Crippen molar-refractivity contribution in [3.8, 4) is 0 Å². The van der Waals surface area contributed by atoms with Crippen LogP contribution in [0, 0.1) is 0 Å². The fraction of sp³-hybridized carbons (Fsp3) is 0.200. The van der Waals surface area contributed by atoms with Crippen molar-refractivity contribution in [1.82, 2.24) is 19.4 Å². The Labute approximate surface area is 215 Å². The lowest BCUT2D eigenvalue weighted by Gasteiger charge is -2.21. The molecule has 20 heteroatoms. The number of nitrogen functional groups attached to an aromatic ring is 2. The van der Waals surface area contributed by atoms with Crippen LogP contribution in [0.25, 0.3) is 22.1 Å². The summed E-state index contributed by atoms with van der Waals surface area (Å²) in [7, 11) is -4.87. The number of H-pyrrole nitrogens is 2. The number of nitrogens with two attached hydrogens (primary N) is 2. The Morgan fingerprint density at radius 3 is 1.40 bits per heavy atom. The Morgan fingerprint density at radius 2 is 1.10 bits per heavy atom. The first-order valence-corrected chi connectivity index (χ1v) is 12.4. The molecule has 0 unspecified atom stereocenters. The maximum absolute atomic E-state index is 13.5. The van der Waals surface area contributed by atoms with Crippen molar-refractivity contribution in [2.75, 3.05) is 17.6 Å². The lowest BCUT2D eigenvalue weighted by atomic mass is 10.1. The summed E-state index contributed by atoms with van der Waals surface area (Å²) >= 11 is 0. The second-order valence-electron chi connectivity index (χ2n) is 8.11. The lowest BCUT2D eigenvalue weighted by Crippen LogP contribution is -2.42. The summed E-state index contributed by atoms with van der Waals surface area (Å²) in [5.41, 5.74) is -2.36. The molecule has 0 fully saturated rings. The molecule has 2 heterocycles. The maximum Gasteiger partial charge on any atom is 0.467 e. The molecule has 2 aromatic heterocycles. The molecule has 0 aliphatic carbocycles. The number of aromatic nitrogens is 4. The number of aromatic amines is 2. The molecule has 0 spiro atoms. The Kier molecular flexibility index (Phi) is 6.53. The molecule has 6 N–H and O–H groups in total. The summed E-state index contributed by atoms with van der Waals surface area (Å²) < 4.78 is 103. The van der Waals surface area contributed by atoms with Crippen LogP contribution in [-0.2, 0) is 16.9 Å². The summed E-state index contributed by atoms with van der Waals surface area (Å²) in [4.78, 5) is 53.1. The van der Waals surface area contributed by atoms with Crippen molar-refractivity contribution in [3.63, 3.8) is 0 Å². The van der Waals surface area contributed by atoms with Gasteiger partial charge in [-0.2, -0.15) is 26.3 Å². The van der Waals surface area contributed by atoms with Gasteiger partial charge in [-0.15, -0.1) is 9.46 Å². The minimum absolute atomic E-state index is 0.0193. The van der Waals surface area contributed by atoms with Gasteiger partial charge in [-0.25, -0.2) is 4.57 Å². The molecule has 0 aliphatic rings. The predicted octanol–water partition coefficient (Wildman–Crippen LogP) is 1.67. The number of alkyl halides is 6. The van der Waals surface area contributed by atoms with Crippen LogP contribution in [0.3, 0.4) is 0 Å². The molecule has 13 nitrogen and oxygen atoms in total. The number of rotatable bonds is 5. The third-order valence-electron chi connectivity index (χ3n) is 5.44. The molecule has 40 heavy (non-hydrogen) atoms. The van der Waals surface area contributed by atoms with E-state index in [0.29, 0.717) is 24.3 Å². The quantitative estimate of drug-likeness (QED) is 0.115. The first-order valence-electron chi connectivity index (χ1n) is 10.7. The molecule has 0 bridgehead atoms. The molecular formula is C20H15F6N6O7P. The first kappa shape index (κ1) is 28.3. The molecule has 0 radical (unpaired) electrons. The highest BCUT2D eigenvalue weighted by molar-refractivity contribution is 7.54. The second-order valence-corrected chi connectivity index (χ2v) is 10.3. The van der Waals surface area contributed by atoms with Gasteiger partial charge in [0.1, 0.15) is 11.0 Å². The van der Waals surface area contributed by atoms with Crippen LogP contribution in [-0.4, -0.2) is 25.6 Å². The van der Waals surface area contributed by atoms with Gasteiger partial charge in [0, 0.05) is 11.4 Å². The van der Waals surface area contributed by atoms with Crippen molar-refractivity contribution in [1.29, 1.82) is 0 Å². The number of fused-ring (bicyclic) bond motifs is 2. The van der Waals surface area contributed by atoms with Crippen LogP contribution in [0.1, 0.15) is 18.1 Å². The van der Waals surface area contributed by atoms with E-state index in [1.807, 2.05) is 9.97 Å². The van der Waals surface area contributed by atoms with Gasteiger partial charge in [-0.05, 0) is 24.3 Å². The molecule has 4 aromatic rings. The summed E-state index contributed by atoms with van der Waals surface area (Å²) in [6.45, 7) is 1.13. The highest BCUT2D eigenvalue weighted by Gasteiger charge is 2.36. The number of halogens is 6. The number of anilines is 2. The smallest absolute Gasteiger partial charge is 0.398 e. The monoisotopic (exact) mass is 596 g/mol. The SMILES string of the molecule is CCP(=O)(On1c(=O)c(=O)[nH]c2cc(C(F)(F)F)c(N)cc21)On1c(=O)c(=O)[nH]c2cc(C(F)(F)F)c(N)cc21. The fourth-order valence-corrected chi connectivity index (χ4v) is 4.61. The van der Waals surface area contributed by atoms with Crippen molar-refractivity contribution in [2.24, 2.45) is 0 Å². The van der Waals surface area contributed by atoms with Crippen molar-refractivity contribution >= 4 is 41.0 Å². The van der Waals surface area contributed by atoms with Gasteiger partial charge in [0.2, 0.25) is 0 Å². The fourth-order valence-electron chi connectivity index (χ4n) is 3.53. The Morgan fingerprint density at radius 1 is 0.750 bits per heavy atom. The van der Waals surface area contributed by atoms with Gasteiger partial charge in [-0.3, -0.25) is 19.2 Å². The van der Waals surface area contributed by atoms with Gasteiger partial charge >= 0.3 is 42.2 Å². The predicted molar refractivity (Wildman–Crippen MR) is 128 cm³/mol. The van der Waals surface area contributed by atoms with E-state index >= 15 is 0 Å². The van der Waals surface area contributed by atoms with Gasteiger partial charge < -0.3 is 30.7 Å².